The van der Waals surface area contributed by atoms with Crippen molar-refractivity contribution in [3.63, 3.8) is 0 Å². The summed E-state index contributed by atoms with van der Waals surface area (Å²) in [6.07, 6.45) is 4.88. The molecule has 0 unspecified atom stereocenters. The van der Waals surface area contributed by atoms with Crippen LogP contribution < -0.4 is 4.90 Å². The van der Waals surface area contributed by atoms with Crippen molar-refractivity contribution in [3.05, 3.63) is 47.0 Å². The van der Waals surface area contributed by atoms with E-state index in [0.29, 0.717) is 17.1 Å². The Hall–Kier alpha value is -1.52. The number of hydrogen-bond acceptors (Lipinski definition) is 4. The Kier molecular flexibility index (Phi) is 3.66. The predicted octanol–water partition coefficient (Wildman–Crippen LogP) is 2.46. The molecule has 0 spiro atoms. The van der Waals surface area contributed by atoms with Crippen molar-refractivity contribution in [3.8, 4) is 0 Å². The maximum atomic E-state index is 9.14. The highest BCUT2D eigenvalue weighted by atomic mass is 35.5. The van der Waals surface area contributed by atoms with E-state index in [-0.39, 0.29) is 6.61 Å². The van der Waals surface area contributed by atoms with Crippen LogP contribution in [-0.4, -0.2) is 17.1 Å². The topological polar surface area (TPSA) is 49.5 Å². The number of aliphatic hydroxyl groups excluding tert-OH is 1. The number of aliphatic hydroxyl groups is 1. The molecule has 0 aliphatic rings. The molecule has 0 atom stereocenters. The lowest BCUT2D eigenvalue weighted by atomic mass is 10.2. The molecule has 0 saturated carbocycles. The second-order valence-corrected chi connectivity index (χ2v) is 4.19. The first-order valence-electron chi connectivity index (χ1n) is 5.18. The van der Waals surface area contributed by atoms with Crippen LogP contribution in [0.3, 0.4) is 0 Å². The van der Waals surface area contributed by atoms with Gasteiger partial charge in [-0.05, 0) is 12.1 Å². The van der Waals surface area contributed by atoms with Gasteiger partial charge in [-0.2, -0.15) is 0 Å². The van der Waals surface area contributed by atoms with Crippen molar-refractivity contribution in [2.24, 2.45) is 0 Å². The summed E-state index contributed by atoms with van der Waals surface area (Å²) in [7, 11) is 1.92. The Morgan fingerprint density at radius 2 is 2.35 bits per heavy atom. The Balaban J connectivity index is 2.16. The second-order valence-electron chi connectivity index (χ2n) is 3.78. The van der Waals surface area contributed by atoms with Gasteiger partial charge in [0.1, 0.15) is 5.82 Å². The first kappa shape index (κ1) is 12.0. The van der Waals surface area contributed by atoms with Gasteiger partial charge in [0.15, 0.2) is 0 Å². The van der Waals surface area contributed by atoms with E-state index < -0.39 is 0 Å². The second kappa shape index (κ2) is 5.21. The molecule has 17 heavy (non-hydrogen) atoms. The molecule has 2 rings (SSSR count). The molecular weight excluding hydrogens is 240 g/mol. The Morgan fingerprint density at radius 3 is 3.00 bits per heavy atom. The molecule has 0 saturated heterocycles. The fourth-order valence-electron chi connectivity index (χ4n) is 1.54. The van der Waals surface area contributed by atoms with Gasteiger partial charge in [0, 0.05) is 30.9 Å². The molecule has 0 aliphatic heterocycles. The van der Waals surface area contributed by atoms with Gasteiger partial charge in [0.05, 0.1) is 24.2 Å². The Morgan fingerprint density at radius 1 is 1.53 bits per heavy atom. The van der Waals surface area contributed by atoms with Crippen LogP contribution in [0.2, 0.25) is 5.02 Å². The maximum absolute atomic E-state index is 9.14. The van der Waals surface area contributed by atoms with E-state index in [9.17, 15) is 0 Å². The molecular formula is C12H13ClN2O2. The van der Waals surface area contributed by atoms with Crippen LogP contribution in [0.25, 0.3) is 0 Å². The van der Waals surface area contributed by atoms with Gasteiger partial charge in [-0.15, -0.1) is 0 Å². The first-order valence-corrected chi connectivity index (χ1v) is 5.56. The zero-order chi connectivity index (χ0) is 12.3. The zero-order valence-corrected chi connectivity index (χ0v) is 10.2. The summed E-state index contributed by atoms with van der Waals surface area (Å²) in [5.41, 5.74) is 1.74. The van der Waals surface area contributed by atoms with Crippen LogP contribution in [0.15, 0.2) is 35.3 Å². The number of rotatable bonds is 4. The highest BCUT2D eigenvalue weighted by molar-refractivity contribution is 6.31. The number of pyridine rings is 1. The molecule has 0 amide bonds. The molecule has 2 heterocycles. The number of aromatic nitrogens is 1. The molecule has 1 N–H and O–H groups in total. The number of nitrogens with zero attached hydrogens (tertiary/aromatic N) is 2. The minimum absolute atomic E-state index is 0.0894. The standard InChI is InChI=1S/C12H13ClN2O2/c1-15(6-9-2-3-17-8-9)12-4-10(7-16)11(13)5-14-12/h2-5,8,16H,6-7H2,1H3. The van der Waals surface area contributed by atoms with Crippen molar-refractivity contribution >= 4 is 17.4 Å². The highest BCUT2D eigenvalue weighted by Gasteiger charge is 2.07. The fourth-order valence-corrected chi connectivity index (χ4v) is 1.70. The average Bonchev–Trinajstić information content (AvgIpc) is 2.82. The minimum Gasteiger partial charge on any atom is -0.472 e. The van der Waals surface area contributed by atoms with Gasteiger partial charge in [-0.25, -0.2) is 4.98 Å². The van der Waals surface area contributed by atoms with Gasteiger partial charge in [-0.1, -0.05) is 11.6 Å². The van der Waals surface area contributed by atoms with E-state index in [1.54, 1.807) is 24.8 Å². The zero-order valence-electron chi connectivity index (χ0n) is 9.43. The number of hydrogen-bond donors (Lipinski definition) is 1. The predicted molar refractivity (Wildman–Crippen MR) is 66.0 cm³/mol. The fraction of sp³-hybridized carbons (Fsp3) is 0.250. The van der Waals surface area contributed by atoms with Crippen LogP contribution in [0.1, 0.15) is 11.1 Å². The summed E-state index contributed by atoms with van der Waals surface area (Å²) >= 11 is 5.89. The molecule has 0 radical (unpaired) electrons. The van der Waals surface area contributed by atoms with Gasteiger partial charge in [0.2, 0.25) is 0 Å². The Labute approximate surface area is 104 Å². The molecule has 0 bridgehead atoms. The summed E-state index contributed by atoms with van der Waals surface area (Å²) in [5, 5.41) is 9.62. The molecule has 0 aromatic carbocycles. The summed E-state index contributed by atoms with van der Waals surface area (Å²) in [6.45, 7) is 0.601. The van der Waals surface area contributed by atoms with Gasteiger partial charge in [0.25, 0.3) is 0 Å². The number of halogens is 1. The van der Waals surface area contributed by atoms with E-state index in [1.165, 1.54) is 0 Å². The van der Waals surface area contributed by atoms with Crippen molar-refractivity contribution in [1.82, 2.24) is 4.98 Å². The largest absolute Gasteiger partial charge is 0.472 e. The number of anilines is 1. The molecule has 2 aromatic heterocycles. The monoisotopic (exact) mass is 252 g/mol. The first-order chi connectivity index (χ1) is 8.20. The van der Waals surface area contributed by atoms with E-state index in [1.807, 2.05) is 18.0 Å². The molecule has 0 fully saturated rings. The van der Waals surface area contributed by atoms with Gasteiger partial charge < -0.3 is 14.4 Å². The number of furan rings is 1. The van der Waals surface area contributed by atoms with E-state index in [0.717, 1.165) is 11.4 Å². The summed E-state index contributed by atoms with van der Waals surface area (Å²) in [6, 6.07) is 3.68. The molecule has 5 heteroatoms. The lowest BCUT2D eigenvalue weighted by Crippen LogP contribution is -2.17. The van der Waals surface area contributed by atoms with E-state index >= 15 is 0 Å². The average molecular weight is 253 g/mol. The van der Waals surface area contributed by atoms with Crippen molar-refractivity contribution in [2.75, 3.05) is 11.9 Å². The molecule has 4 nitrogen and oxygen atoms in total. The third-order valence-corrected chi connectivity index (χ3v) is 2.82. The smallest absolute Gasteiger partial charge is 0.128 e. The summed E-state index contributed by atoms with van der Waals surface area (Å²) in [4.78, 5) is 6.18. The lowest BCUT2D eigenvalue weighted by Gasteiger charge is -2.18. The minimum atomic E-state index is -0.0894. The highest BCUT2D eigenvalue weighted by Crippen LogP contribution is 2.20. The summed E-state index contributed by atoms with van der Waals surface area (Å²) in [5.74, 6) is 0.764. The van der Waals surface area contributed by atoms with Crippen LogP contribution in [-0.2, 0) is 13.2 Å². The van der Waals surface area contributed by atoms with Crippen LogP contribution in [0.5, 0.6) is 0 Å². The van der Waals surface area contributed by atoms with Crippen molar-refractivity contribution in [1.29, 1.82) is 0 Å². The normalized spacial score (nSPS) is 10.5. The van der Waals surface area contributed by atoms with Gasteiger partial charge >= 0.3 is 0 Å². The van der Waals surface area contributed by atoms with E-state index in [4.69, 9.17) is 21.1 Å². The Bertz CT molecular complexity index is 485. The third-order valence-electron chi connectivity index (χ3n) is 2.48. The molecule has 90 valence electrons. The molecule has 2 aromatic rings. The summed E-state index contributed by atoms with van der Waals surface area (Å²) < 4.78 is 5.01. The van der Waals surface area contributed by atoms with E-state index in [2.05, 4.69) is 4.98 Å². The third kappa shape index (κ3) is 2.78. The van der Waals surface area contributed by atoms with Crippen molar-refractivity contribution < 1.29 is 9.52 Å². The molecule has 0 aliphatic carbocycles. The van der Waals surface area contributed by atoms with Crippen LogP contribution in [0, 0.1) is 0 Å². The SMILES string of the molecule is CN(Cc1ccoc1)c1cc(CO)c(Cl)cn1. The van der Waals surface area contributed by atoms with Crippen molar-refractivity contribution in [2.45, 2.75) is 13.2 Å². The lowest BCUT2D eigenvalue weighted by molar-refractivity contribution is 0.282. The van der Waals surface area contributed by atoms with Crippen LogP contribution >= 0.6 is 11.6 Å². The maximum Gasteiger partial charge on any atom is 0.128 e. The van der Waals surface area contributed by atoms with Crippen LogP contribution in [0.4, 0.5) is 5.82 Å². The van der Waals surface area contributed by atoms with Gasteiger partial charge in [-0.3, -0.25) is 0 Å². The quantitative estimate of drug-likeness (QED) is 0.908.